The quantitative estimate of drug-likeness (QED) is 0.158. The van der Waals surface area contributed by atoms with E-state index in [1.54, 1.807) is 5.57 Å². The monoisotopic (exact) mass is 699 g/mol. The molecule has 0 fully saturated rings. The van der Waals surface area contributed by atoms with Gasteiger partial charge in [-0.2, -0.15) is 5.26 Å². The Morgan fingerprint density at radius 1 is 0.722 bits per heavy atom. The first-order valence-corrected chi connectivity index (χ1v) is 20.5. The van der Waals surface area contributed by atoms with Gasteiger partial charge in [0.05, 0.1) is 17.4 Å². The molecule has 7 aliphatic rings. The Morgan fingerprint density at radius 2 is 1.52 bits per heavy atom. The molecule has 0 saturated heterocycles. The number of allylic oxidation sites excluding steroid dienone is 15. The van der Waals surface area contributed by atoms with Crippen LogP contribution in [-0.2, 0) is 5.41 Å². The Balaban J connectivity index is 1.18. The van der Waals surface area contributed by atoms with E-state index >= 15 is 0 Å². The molecule has 6 aliphatic carbocycles. The van der Waals surface area contributed by atoms with Crippen LogP contribution in [0, 0.1) is 29.1 Å². The summed E-state index contributed by atoms with van der Waals surface area (Å²) < 4.78 is 6.98. The van der Waals surface area contributed by atoms with E-state index in [-0.39, 0.29) is 11.3 Å². The SMILES string of the molecule is N#CC1C=CC(C2=CC3=C(CC2)C2C=CCCC2C32C3=CCCC=C3Oc3ccc(-c4c5ccccc5c(C5=CCCCC5)c5ccccc45)cc32)=CC1. The van der Waals surface area contributed by atoms with Gasteiger partial charge >= 0.3 is 0 Å². The molecule has 1 spiro atoms. The minimum absolute atomic E-state index is 0.0277. The molecule has 264 valence electrons. The van der Waals surface area contributed by atoms with Gasteiger partial charge in [-0.25, -0.2) is 0 Å². The van der Waals surface area contributed by atoms with E-state index < -0.39 is 0 Å². The predicted molar refractivity (Wildman–Crippen MR) is 222 cm³/mol. The highest BCUT2D eigenvalue weighted by molar-refractivity contribution is 6.18. The maximum Gasteiger partial charge on any atom is 0.131 e. The van der Waals surface area contributed by atoms with Crippen molar-refractivity contribution in [3.63, 3.8) is 0 Å². The largest absolute Gasteiger partial charge is 0.457 e. The number of hydrogen-bond donors (Lipinski definition) is 0. The van der Waals surface area contributed by atoms with E-state index in [1.807, 2.05) is 0 Å². The number of nitrogens with zero attached hydrogens (tertiary/aromatic N) is 1. The number of nitriles is 1. The van der Waals surface area contributed by atoms with Crippen LogP contribution in [0.5, 0.6) is 5.75 Å². The number of fused-ring (bicyclic) bond motifs is 10. The minimum atomic E-state index is -0.293. The third kappa shape index (κ3) is 4.64. The molecule has 0 saturated carbocycles. The number of benzene rings is 4. The summed E-state index contributed by atoms with van der Waals surface area (Å²) in [6.45, 7) is 0. The van der Waals surface area contributed by atoms with Crippen LogP contribution in [0.3, 0.4) is 0 Å². The lowest BCUT2D eigenvalue weighted by Gasteiger charge is -2.47. The summed E-state index contributed by atoms with van der Waals surface area (Å²) in [6.07, 6.45) is 33.7. The normalized spacial score (nSPS) is 26.8. The summed E-state index contributed by atoms with van der Waals surface area (Å²) in [4.78, 5) is 0. The molecule has 0 radical (unpaired) electrons. The van der Waals surface area contributed by atoms with Crippen molar-refractivity contribution in [2.24, 2.45) is 17.8 Å². The smallest absolute Gasteiger partial charge is 0.131 e. The van der Waals surface area contributed by atoms with Crippen molar-refractivity contribution >= 4 is 27.1 Å². The Labute approximate surface area is 318 Å². The zero-order valence-electron chi connectivity index (χ0n) is 30.9. The second-order valence-corrected chi connectivity index (χ2v) is 16.4. The van der Waals surface area contributed by atoms with Crippen molar-refractivity contribution < 1.29 is 4.74 Å². The van der Waals surface area contributed by atoms with Gasteiger partial charge in [0.1, 0.15) is 11.5 Å². The van der Waals surface area contributed by atoms with Crippen molar-refractivity contribution in [3.05, 3.63) is 166 Å². The fraction of sp³-hybridized carbons (Fsp3) is 0.288. The Hall–Kier alpha value is -5.39. The van der Waals surface area contributed by atoms with Gasteiger partial charge in [0, 0.05) is 17.1 Å². The molecule has 0 amide bonds. The average molecular weight is 700 g/mol. The summed E-state index contributed by atoms with van der Waals surface area (Å²) in [5.74, 6) is 2.91. The van der Waals surface area contributed by atoms with Crippen molar-refractivity contribution in [2.45, 2.75) is 76.0 Å². The van der Waals surface area contributed by atoms with Crippen molar-refractivity contribution in [3.8, 4) is 22.9 Å². The Kier molecular flexibility index (Phi) is 7.48. The van der Waals surface area contributed by atoms with Gasteiger partial charge in [-0.1, -0.05) is 109 Å². The van der Waals surface area contributed by atoms with Crippen LogP contribution in [0.2, 0.25) is 0 Å². The zero-order valence-corrected chi connectivity index (χ0v) is 30.9. The lowest BCUT2D eigenvalue weighted by molar-refractivity contribution is 0.270. The van der Waals surface area contributed by atoms with E-state index in [0.717, 1.165) is 69.3 Å². The molecule has 4 unspecified atom stereocenters. The highest BCUT2D eigenvalue weighted by atomic mass is 16.5. The summed E-state index contributed by atoms with van der Waals surface area (Å²) in [6, 6.07) is 28.0. The fourth-order valence-corrected chi connectivity index (χ4v) is 11.5. The molecular weight excluding hydrogens is 655 g/mol. The first-order valence-electron chi connectivity index (χ1n) is 20.5. The van der Waals surface area contributed by atoms with Crippen LogP contribution in [-0.4, -0.2) is 0 Å². The van der Waals surface area contributed by atoms with Gasteiger partial charge < -0.3 is 4.74 Å². The van der Waals surface area contributed by atoms with Gasteiger partial charge in [-0.05, 0) is 155 Å². The van der Waals surface area contributed by atoms with E-state index in [4.69, 9.17) is 4.74 Å². The van der Waals surface area contributed by atoms with Crippen LogP contribution in [0.15, 0.2) is 155 Å². The third-order valence-corrected chi connectivity index (χ3v) is 13.8. The van der Waals surface area contributed by atoms with Gasteiger partial charge in [0.25, 0.3) is 0 Å². The van der Waals surface area contributed by atoms with Gasteiger partial charge in [0.15, 0.2) is 0 Å². The summed E-state index contributed by atoms with van der Waals surface area (Å²) >= 11 is 0. The van der Waals surface area contributed by atoms with Gasteiger partial charge in [-0.15, -0.1) is 0 Å². The minimum Gasteiger partial charge on any atom is -0.457 e. The van der Waals surface area contributed by atoms with Crippen molar-refractivity contribution in [1.29, 1.82) is 5.26 Å². The molecule has 0 aromatic heterocycles. The predicted octanol–water partition coefficient (Wildman–Crippen LogP) is 13.5. The van der Waals surface area contributed by atoms with Gasteiger partial charge in [-0.3, -0.25) is 0 Å². The molecule has 1 aliphatic heterocycles. The van der Waals surface area contributed by atoms with Crippen LogP contribution >= 0.6 is 0 Å². The molecule has 1 heterocycles. The van der Waals surface area contributed by atoms with Crippen molar-refractivity contribution in [2.75, 3.05) is 0 Å². The molecular formula is C52H45NO. The Bertz CT molecular complexity index is 2530. The third-order valence-electron chi connectivity index (χ3n) is 13.8. The lowest BCUT2D eigenvalue weighted by atomic mass is 9.57. The molecule has 4 aromatic carbocycles. The number of rotatable bonds is 3. The van der Waals surface area contributed by atoms with Crippen LogP contribution < -0.4 is 4.74 Å². The number of ether oxygens (including phenoxy) is 1. The second-order valence-electron chi connectivity index (χ2n) is 16.4. The molecule has 4 atom stereocenters. The second kappa shape index (κ2) is 12.6. The maximum absolute atomic E-state index is 9.61. The molecule has 11 rings (SSSR count). The first-order chi connectivity index (χ1) is 26.7. The van der Waals surface area contributed by atoms with E-state index in [0.29, 0.717) is 11.8 Å². The molecule has 54 heavy (non-hydrogen) atoms. The first kappa shape index (κ1) is 32.1. The molecule has 4 aromatic rings. The molecule has 0 N–H and O–H groups in total. The summed E-state index contributed by atoms with van der Waals surface area (Å²) in [7, 11) is 0. The van der Waals surface area contributed by atoms with Gasteiger partial charge in [0.2, 0.25) is 0 Å². The lowest BCUT2D eigenvalue weighted by Crippen LogP contribution is -2.43. The van der Waals surface area contributed by atoms with E-state index in [2.05, 4.69) is 127 Å². The topological polar surface area (TPSA) is 33.0 Å². The molecule has 2 nitrogen and oxygen atoms in total. The van der Waals surface area contributed by atoms with E-state index in [1.165, 1.54) is 84.5 Å². The van der Waals surface area contributed by atoms with E-state index in [9.17, 15) is 5.26 Å². The standard InChI is InChI=1S/C52H45NO/c53-32-33-22-24-34(25-23-33)36-26-28-39-38-14-8-9-19-44(38)52(46(39)30-36)45-20-10-11-21-48(45)54-49-29-27-37(31-47(49)52)51-42-17-6-4-15-40(42)50(35-12-2-1-3-13-35)41-16-5-7-18-43(41)51/h4-8,12,14-18,20-22,24-25,27,29-31,33,38,44H,1-3,9-11,13,19,23,26,28H2. The number of hydrogen-bond acceptors (Lipinski definition) is 2. The zero-order chi connectivity index (χ0) is 35.8. The summed E-state index contributed by atoms with van der Waals surface area (Å²) in [5.41, 5.74) is 13.8. The van der Waals surface area contributed by atoms with Crippen LogP contribution in [0.25, 0.3) is 38.2 Å². The van der Waals surface area contributed by atoms with Crippen LogP contribution in [0.1, 0.15) is 81.8 Å². The highest BCUT2D eigenvalue weighted by Gasteiger charge is 2.59. The highest BCUT2D eigenvalue weighted by Crippen LogP contribution is 2.67. The van der Waals surface area contributed by atoms with Crippen LogP contribution in [0.4, 0.5) is 0 Å². The molecule has 2 heteroatoms. The Morgan fingerprint density at radius 3 is 2.26 bits per heavy atom. The maximum atomic E-state index is 9.61. The average Bonchev–Trinajstić information content (AvgIpc) is 3.53. The fourth-order valence-electron chi connectivity index (χ4n) is 11.5. The molecule has 0 bridgehead atoms. The summed E-state index contributed by atoms with van der Waals surface area (Å²) in [5, 5.41) is 15.0. The van der Waals surface area contributed by atoms with Crippen molar-refractivity contribution in [1.82, 2.24) is 0 Å².